The molecule has 1 N–H and O–H groups in total. The van der Waals surface area contributed by atoms with Crippen LogP contribution in [-0.2, 0) is 14.8 Å². The Labute approximate surface area is 160 Å². The highest BCUT2D eigenvalue weighted by atomic mass is 32.2. The molecular formula is C19H27N3O4S. The van der Waals surface area contributed by atoms with Crippen molar-refractivity contribution < 1.29 is 18.0 Å². The average Bonchev–Trinajstić information content (AvgIpc) is 2.64. The van der Waals surface area contributed by atoms with Crippen molar-refractivity contribution in [3.05, 3.63) is 29.8 Å². The van der Waals surface area contributed by atoms with Gasteiger partial charge in [-0.25, -0.2) is 8.42 Å². The van der Waals surface area contributed by atoms with E-state index in [1.165, 1.54) is 33.5 Å². The molecule has 2 fully saturated rings. The van der Waals surface area contributed by atoms with Gasteiger partial charge in [-0.2, -0.15) is 4.31 Å². The number of amides is 2. The summed E-state index contributed by atoms with van der Waals surface area (Å²) in [5.74, 6) is 0.0766. The van der Waals surface area contributed by atoms with Gasteiger partial charge in [-0.3, -0.25) is 9.59 Å². The van der Waals surface area contributed by atoms with E-state index in [1.54, 1.807) is 13.8 Å². The smallest absolute Gasteiger partial charge is 0.254 e. The molecule has 0 saturated carbocycles. The summed E-state index contributed by atoms with van der Waals surface area (Å²) in [5.41, 5.74) is -0.561. The summed E-state index contributed by atoms with van der Waals surface area (Å²) in [5, 5.41) is 2.76. The fourth-order valence-corrected chi connectivity index (χ4v) is 5.02. The Morgan fingerprint density at radius 1 is 1.11 bits per heavy atom. The van der Waals surface area contributed by atoms with Gasteiger partial charge in [0.1, 0.15) is 5.54 Å². The van der Waals surface area contributed by atoms with E-state index in [9.17, 15) is 18.0 Å². The topological polar surface area (TPSA) is 86.8 Å². The number of nitrogens with zero attached hydrogens (tertiary/aromatic N) is 2. The molecule has 2 aliphatic heterocycles. The Morgan fingerprint density at radius 3 is 2.30 bits per heavy atom. The number of nitrogens with one attached hydrogen (secondary N) is 1. The van der Waals surface area contributed by atoms with E-state index in [4.69, 9.17) is 0 Å². The Kier molecular flexibility index (Phi) is 5.31. The van der Waals surface area contributed by atoms with Gasteiger partial charge in [0.25, 0.3) is 5.91 Å². The second-order valence-electron chi connectivity index (χ2n) is 7.88. The normalized spacial score (nSPS) is 21.7. The minimum Gasteiger partial charge on any atom is -0.352 e. The fourth-order valence-electron chi connectivity index (χ4n) is 3.55. The summed E-state index contributed by atoms with van der Waals surface area (Å²) >= 11 is 0. The highest BCUT2D eigenvalue weighted by Gasteiger charge is 2.40. The molecule has 0 radical (unpaired) electrons. The summed E-state index contributed by atoms with van der Waals surface area (Å²) < 4.78 is 27.1. The molecule has 2 aliphatic rings. The highest BCUT2D eigenvalue weighted by Crippen LogP contribution is 2.25. The van der Waals surface area contributed by atoms with Gasteiger partial charge >= 0.3 is 0 Å². The van der Waals surface area contributed by atoms with Crippen LogP contribution in [0.1, 0.15) is 44.0 Å². The van der Waals surface area contributed by atoms with E-state index >= 15 is 0 Å². The molecule has 0 atom stereocenters. The SMILES string of the molecule is CC1CCN(S(=O)(=O)c2ccc(C(=O)N3CCNC(=O)C3(C)C)cc2)CC1. The predicted molar refractivity (Wildman–Crippen MR) is 102 cm³/mol. The van der Waals surface area contributed by atoms with Gasteiger partial charge in [0, 0.05) is 31.7 Å². The van der Waals surface area contributed by atoms with Crippen LogP contribution in [0.15, 0.2) is 29.2 Å². The van der Waals surface area contributed by atoms with Crippen molar-refractivity contribution in [2.45, 2.75) is 44.0 Å². The molecule has 0 bridgehead atoms. The molecule has 7 nitrogen and oxygen atoms in total. The molecular weight excluding hydrogens is 366 g/mol. The van der Waals surface area contributed by atoms with Gasteiger partial charge in [-0.05, 0) is 56.9 Å². The first-order chi connectivity index (χ1) is 12.6. The zero-order valence-electron chi connectivity index (χ0n) is 16.1. The van der Waals surface area contributed by atoms with E-state index < -0.39 is 15.6 Å². The van der Waals surface area contributed by atoms with Crippen LogP contribution in [0, 0.1) is 5.92 Å². The lowest BCUT2D eigenvalue weighted by Crippen LogP contribution is -2.63. The Bertz CT molecular complexity index is 825. The molecule has 148 valence electrons. The summed E-state index contributed by atoms with van der Waals surface area (Å²) in [6, 6.07) is 6.03. The molecule has 2 saturated heterocycles. The first kappa shape index (κ1) is 19.8. The van der Waals surface area contributed by atoms with Crippen molar-refractivity contribution >= 4 is 21.8 Å². The van der Waals surface area contributed by atoms with Crippen LogP contribution >= 0.6 is 0 Å². The molecule has 0 aliphatic carbocycles. The molecule has 1 aromatic rings. The minimum absolute atomic E-state index is 0.194. The maximum Gasteiger partial charge on any atom is 0.254 e. The van der Waals surface area contributed by atoms with Crippen LogP contribution in [-0.4, -0.2) is 61.2 Å². The number of hydrogen-bond donors (Lipinski definition) is 1. The molecule has 0 spiro atoms. The monoisotopic (exact) mass is 393 g/mol. The zero-order chi connectivity index (χ0) is 19.8. The number of hydrogen-bond acceptors (Lipinski definition) is 4. The first-order valence-electron chi connectivity index (χ1n) is 9.34. The molecule has 2 heterocycles. The molecule has 8 heteroatoms. The van der Waals surface area contributed by atoms with Gasteiger partial charge < -0.3 is 10.2 Å². The van der Waals surface area contributed by atoms with Crippen LogP contribution in [0.25, 0.3) is 0 Å². The lowest BCUT2D eigenvalue weighted by molar-refractivity contribution is -0.133. The predicted octanol–water partition coefficient (Wildman–Crippen LogP) is 1.46. The molecule has 1 aromatic carbocycles. The Hall–Kier alpha value is -1.93. The van der Waals surface area contributed by atoms with Gasteiger partial charge in [-0.1, -0.05) is 6.92 Å². The lowest BCUT2D eigenvalue weighted by atomic mass is 9.97. The number of sulfonamides is 1. The van der Waals surface area contributed by atoms with Crippen LogP contribution in [0.3, 0.4) is 0 Å². The Morgan fingerprint density at radius 2 is 1.70 bits per heavy atom. The van der Waals surface area contributed by atoms with Crippen molar-refractivity contribution in [2.75, 3.05) is 26.2 Å². The fraction of sp³-hybridized carbons (Fsp3) is 0.579. The summed E-state index contributed by atoms with van der Waals surface area (Å²) in [4.78, 5) is 26.6. The first-order valence-corrected chi connectivity index (χ1v) is 10.8. The second kappa shape index (κ2) is 7.24. The van der Waals surface area contributed by atoms with E-state index in [2.05, 4.69) is 12.2 Å². The van der Waals surface area contributed by atoms with Gasteiger partial charge in [0.2, 0.25) is 15.9 Å². The van der Waals surface area contributed by atoms with Gasteiger partial charge in [-0.15, -0.1) is 0 Å². The summed E-state index contributed by atoms with van der Waals surface area (Å²) in [6.07, 6.45) is 1.73. The number of benzene rings is 1. The third-order valence-electron chi connectivity index (χ3n) is 5.58. The van der Waals surface area contributed by atoms with Crippen LogP contribution in [0.4, 0.5) is 0 Å². The minimum atomic E-state index is -3.54. The van der Waals surface area contributed by atoms with Crippen molar-refractivity contribution in [2.24, 2.45) is 5.92 Å². The van der Waals surface area contributed by atoms with E-state index in [-0.39, 0.29) is 16.7 Å². The van der Waals surface area contributed by atoms with Crippen molar-refractivity contribution in [1.29, 1.82) is 0 Å². The third kappa shape index (κ3) is 3.73. The standard InChI is InChI=1S/C19H27N3O4S/c1-14-8-11-21(12-9-14)27(25,26)16-6-4-15(5-7-16)17(23)22-13-10-20-18(24)19(22,2)3/h4-7,14H,8-13H2,1-3H3,(H,20,24). The molecule has 2 amide bonds. The van der Waals surface area contributed by atoms with E-state index in [1.807, 2.05) is 0 Å². The van der Waals surface area contributed by atoms with E-state index in [0.29, 0.717) is 37.7 Å². The third-order valence-corrected chi connectivity index (χ3v) is 7.49. The molecule has 0 unspecified atom stereocenters. The average molecular weight is 394 g/mol. The maximum absolute atomic E-state index is 12.8. The zero-order valence-corrected chi connectivity index (χ0v) is 16.9. The summed E-state index contributed by atoms with van der Waals surface area (Å²) in [7, 11) is -3.54. The number of rotatable bonds is 3. The van der Waals surface area contributed by atoms with Crippen LogP contribution < -0.4 is 5.32 Å². The number of carbonyl (C=O) groups excluding carboxylic acids is 2. The van der Waals surface area contributed by atoms with E-state index in [0.717, 1.165) is 12.8 Å². The van der Waals surface area contributed by atoms with Crippen LogP contribution in [0.5, 0.6) is 0 Å². The van der Waals surface area contributed by atoms with Crippen molar-refractivity contribution in [1.82, 2.24) is 14.5 Å². The second-order valence-corrected chi connectivity index (χ2v) is 9.82. The van der Waals surface area contributed by atoms with Crippen LogP contribution in [0.2, 0.25) is 0 Å². The van der Waals surface area contributed by atoms with Crippen molar-refractivity contribution in [3.8, 4) is 0 Å². The van der Waals surface area contributed by atoms with Gasteiger partial charge in [0.15, 0.2) is 0 Å². The molecule has 3 rings (SSSR count). The largest absolute Gasteiger partial charge is 0.352 e. The van der Waals surface area contributed by atoms with Gasteiger partial charge in [0.05, 0.1) is 4.90 Å². The number of carbonyl (C=O) groups is 2. The number of piperazine rings is 1. The number of piperidine rings is 1. The molecule has 27 heavy (non-hydrogen) atoms. The van der Waals surface area contributed by atoms with Crippen molar-refractivity contribution in [3.63, 3.8) is 0 Å². The quantitative estimate of drug-likeness (QED) is 0.842. The summed E-state index contributed by atoms with van der Waals surface area (Å²) in [6.45, 7) is 7.43. The maximum atomic E-state index is 12.8. The Balaban J connectivity index is 1.79. The molecule has 0 aromatic heterocycles. The lowest BCUT2D eigenvalue weighted by Gasteiger charge is -2.41. The highest BCUT2D eigenvalue weighted by molar-refractivity contribution is 7.89.